The molecule has 0 fully saturated rings. The number of carboxylic acid groups (broad SMARTS) is 1. The number of halogens is 1. The van der Waals surface area contributed by atoms with E-state index in [1.54, 1.807) is 24.3 Å². The maximum Gasteiger partial charge on any atom is 0.322 e. The molecule has 0 aliphatic heterocycles. The number of carbonyl (C=O) groups is 2. The van der Waals surface area contributed by atoms with Gasteiger partial charge < -0.3 is 15.6 Å². The van der Waals surface area contributed by atoms with Gasteiger partial charge in [-0.15, -0.1) is 0 Å². The van der Waals surface area contributed by atoms with E-state index >= 15 is 0 Å². The van der Waals surface area contributed by atoms with Gasteiger partial charge in [0.1, 0.15) is 6.61 Å². The first-order valence-corrected chi connectivity index (χ1v) is 9.94. The van der Waals surface area contributed by atoms with E-state index in [1.165, 1.54) is 0 Å². The monoisotopic (exact) mass is 421 g/mol. The van der Waals surface area contributed by atoms with Gasteiger partial charge in [0.15, 0.2) is 5.92 Å². The van der Waals surface area contributed by atoms with E-state index in [4.69, 9.17) is 22.1 Å². The Morgan fingerprint density at radius 3 is 2.00 bits per heavy atom. The van der Waals surface area contributed by atoms with Crippen molar-refractivity contribution in [2.45, 2.75) is 12.0 Å². The van der Waals surface area contributed by atoms with Gasteiger partial charge in [0.05, 0.1) is 6.04 Å². The minimum Gasteiger partial charge on any atom is -0.481 e. The summed E-state index contributed by atoms with van der Waals surface area (Å²) in [4.78, 5) is 24.5. The summed E-state index contributed by atoms with van der Waals surface area (Å²) in [7, 11) is 0. The smallest absolute Gasteiger partial charge is 0.322 e. The molecule has 30 heavy (non-hydrogen) atoms. The molecule has 0 amide bonds. The number of carboxylic acids is 1. The van der Waals surface area contributed by atoms with Gasteiger partial charge in [0, 0.05) is 10.9 Å². The van der Waals surface area contributed by atoms with Crippen molar-refractivity contribution >= 4 is 23.5 Å². The Labute approximate surface area is 179 Å². The first-order valence-electron chi connectivity index (χ1n) is 9.56. The largest absolute Gasteiger partial charge is 0.481 e. The third-order valence-electron chi connectivity index (χ3n) is 5.49. The third-order valence-corrected chi connectivity index (χ3v) is 5.74. The Morgan fingerprint density at radius 2 is 1.47 bits per heavy atom. The Hall–Kier alpha value is -3.15. The molecular formula is C24H20ClNO4. The van der Waals surface area contributed by atoms with E-state index in [-0.39, 0.29) is 12.5 Å². The van der Waals surface area contributed by atoms with Crippen LogP contribution in [0.2, 0.25) is 5.02 Å². The maximum absolute atomic E-state index is 12.7. The van der Waals surface area contributed by atoms with E-state index < -0.39 is 23.9 Å². The number of rotatable bonds is 6. The van der Waals surface area contributed by atoms with Gasteiger partial charge in [-0.2, -0.15) is 0 Å². The van der Waals surface area contributed by atoms with Crippen molar-refractivity contribution in [3.63, 3.8) is 0 Å². The highest BCUT2D eigenvalue weighted by Crippen LogP contribution is 2.44. The van der Waals surface area contributed by atoms with Crippen molar-refractivity contribution in [3.05, 3.63) is 94.5 Å². The number of carbonyl (C=O) groups excluding carboxylic acids is 1. The third kappa shape index (κ3) is 3.70. The van der Waals surface area contributed by atoms with Crippen LogP contribution in [0.3, 0.4) is 0 Å². The van der Waals surface area contributed by atoms with Crippen LogP contribution in [-0.4, -0.2) is 23.7 Å². The van der Waals surface area contributed by atoms with Crippen LogP contribution in [-0.2, 0) is 14.3 Å². The van der Waals surface area contributed by atoms with E-state index in [9.17, 15) is 14.7 Å². The van der Waals surface area contributed by atoms with Crippen molar-refractivity contribution in [2.75, 3.05) is 6.61 Å². The molecule has 2 atom stereocenters. The summed E-state index contributed by atoms with van der Waals surface area (Å²) in [6.45, 7) is 0.0456. The van der Waals surface area contributed by atoms with Crippen LogP contribution < -0.4 is 5.73 Å². The molecule has 1 aliphatic rings. The van der Waals surface area contributed by atoms with Crippen LogP contribution in [0.4, 0.5) is 0 Å². The minimum absolute atomic E-state index is 0.0456. The number of aliphatic carboxylic acids is 1. The summed E-state index contributed by atoms with van der Waals surface area (Å²) in [5, 5.41) is 10.1. The average molecular weight is 422 g/mol. The zero-order valence-electron chi connectivity index (χ0n) is 16.0. The molecule has 3 aromatic rings. The predicted molar refractivity (Wildman–Crippen MR) is 114 cm³/mol. The van der Waals surface area contributed by atoms with Gasteiger partial charge in [0.2, 0.25) is 0 Å². The van der Waals surface area contributed by atoms with Crippen molar-refractivity contribution in [2.24, 2.45) is 11.7 Å². The second-order valence-corrected chi connectivity index (χ2v) is 7.69. The number of nitrogens with two attached hydrogens (primary N) is 1. The van der Waals surface area contributed by atoms with Crippen molar-refractivity contribution in [3.8, 4) is 11.1 Å². The molecule has 0 aromatic heterocycles. The highest BCUT2D eigenvalue weighted by Gasteiger charge is 2.37. The van der Waals surface area contributed by atoms with Crippen LogP contribution in [0, 0.1) is 5.92 Å². The molecule has 3 N–H and O–H groups in total. The summed E-state index contributed by atoms with van der Waals surface area (Å²) >= 11 is 5.88. The lowest BCUT2D eigenvalue weighted by Gasteiger charge is -2.21. The molecule has 6 heteroatoms. The van der Waals surface area contributed by atoms with Crippen LogP contribution in [0.15, 0.2) is 72.8 Å². The van der Waals surface area contributed by atoms with Crippen molar-refractivity contribution in [1.29, 1.82) is 0 Å². The summed E-state index contributed by atoms with van der Waals surface area (Å²) in [5.74, 6) is -3.85. The second kappa shape index (κ2) is 8.30. The molecule has 4 rings (SSSR count). The lowest BCUT2D eigenvalue weighted by Crippen LogP contribution is -2.36. The maximum atomic E-state index is 12.7. The quantitative estimate of drug-likeness (QED) is 0.455. The van der Waals surface area contributed by atoms with E-state index in [1.807, 2.05) is 48.5 Å². The van der Waals surface area contributed by atoms with Gasteiger partial charge in [0.25, 0.3) is 0 Å². The zero-order chi connectivity index (χ0) is 21.3. The highest BCUT2D eigenvalue weighted by atomic mass is 35.5. The number of benzene rings is 3. The Kier molecular flexibility index (Phi) is 5.57. The molecule has 0 saturated carbocycles. The number of fused-ring (bicyclic) bond motifs is 3. The fourth-order valence-electron chi connectivity index (χ4n) is 3.97. The number of hydrogen-bond donors (Lipinski definition) is 2. The van der Waals surface area contributed by atoms with Gasteiger partial charge >= 0.3 is 11.9 Å². The van der Waals surface area contributed by atoms with Crippen molar-refractivity contribution < 1.29 is 19.4 Å². The van der Waals surface area contributed by atoms with Crippen LogP contribution in [0.5, 0.6) is 0 Å². The Balaban J connectivity index is 1.54. The predicted octanol–water partition coefficient (Wildman–Crippen LogP) is 4.40. The molecular weight excluding hydrogens is 402 g/mol. The van der Waals surface area contributed by atoms with E-state index in [0.717, 1.165) is 22.3 Å². The molecule has 5 nitrogen and oxygen atoms in total. The first kappa shape index (κ1) is 20.1. The van der Waals surface area contributed by atoms with Crippen LogP contribution in [0.25, 0.3) is 11.1 Å². The van der Waals surface area contributed by atoms with Gasteiger partial charge in [-0.3, -0.25) is 9.59 Å². The molecule has 0 bridgehead atoms. The lowest BCUT2D eigenvalue weighted by atomic mass is 9.93. The summed E-state index contributed by atoms with van der Waals surface area (Å²) in [5.41, 5.74) is 10.9. The molecule has 0 heterocycles. The summed E-state index contributed by atoms with van der Waals surface area (Å²) < 4.78 is 5.50. The molecule has 0 spiro atoms. The molecule has 0 radical (unpaired) electrons. The molecule has 0 unspecified atom stereocenters. The van der Waals surface area contributed by atoms with E-state index in [0.29, 0.717) is 10.6 Å². The van der Waals surface area contributed by atoms with Crippen molar-refractivity contribution in [1.82, 2.24) is 0 Å². The first-order chi connectivity index (χ1) is 14.5. The fourth-order valence-corrected chi connectivity index (χ4v) is 4.10. The zero-order valence-corrected chi connectivity index (χ0v) is 16.8. The van der Waals surface area contributed by atoms with Crippen LogP contribution in [0.1, 0.15) is 28.7 Å². The standard InChI is InChI=1S/C24H20ClNO4/c25-15-11-9-14(10-12-15)22(26)21(23(27)28)24(29)30-13-20-18-7-3-1-5-16(18)17-6-2-4-8-19(17)20/h1-12,20-22H,13,26H2,(H,27,28)/t21-,22+/m0/s1. The van der Waals surface area contributed by atoms with Gasteiger partial charge in [-0.1, -0.05) is 72.3 Å². The number of ether oxygens (including phenoxy) is 1. The Bertz CT molecular complexity index is 1050. The average Bonchev–Trinajstić information content (AvgIpc) is 3.06. The van der Waals surface area contributed by atoms with E-state index in [2.05, 4.69) is 0 Å². The molecule has 1 aliphatic carbocycles. The van der Waals surface area contributed by atoms with Gasteiger partial charge in [-0.25, -0.2) is 0 Å². The molecule has 152 valence electrons. The number of hydrogen-bond acceptors (Lipinski definition) is 4. The normalized spacial score (nSPS) is 14.5. The molecule has 3 aromatic carbocycles. The minimum atomic E-state index is -1.52. The SMILES string of the molecule is N[C@H](c1ccc(Cl)cc1)[C@@H](C(=O)O)C(=O)OCC1c2ccccc2-c2ccccc21. The molecule has 0 saturated heterocycles. The Morgan fingerprint density at radius 1 is 0.933 bits per heavy atom. The van der Waals surface area contributed by atoms with Crippen LogP contribution >= 0.6 is 11.6 Å². The van der Waals surface area contributed by atoms with Gasteiger partial charge in [-0.05, 0) is 39.9 Å². The summed E-state index contributed by atoms with van der Waals surface area (Å²) in [6, 6.07) is 21.3. The topological polar surface area (TPSA) is 89.6 Å². The highest BCUT2D eigenvalue weighted by molar-refractivity contribution is 6.30. The summed E-state index contributed by atoms with van der Waals surface area (Å²) in [6.07, 6.45) is 0. The second-order valence-electron chi connectivity index (χ2n) is 7.25. The lowest BCUT2D eigenvalue weighted by molar-refractivity contribution is -0.160. The number of esters is 1. The fraction of sp³-hybridized carbons (Fsp3) is 0.167.